The molecule has 3 rings (SSSR count). The lowest BCUT2D eigenvalue weighted by Crippen LogP contribution is -2.30. The number of rotatable bonds is 6. The van der Waals surface area contributed by atoms with Gasteiger partial charge in [0.15, 0.2) is 5.82 Å². The van der Waals surface area contributed by atoms with Crippen LogP contribution in [0.1, 0.15) is 28.8 Å². The number of nitrogens with one attached hydrogen (secondary N) is 2. The predicted octanol–water partition coefficient (Wildman–Crippen LogP) is 2.40. The average molecular weight is 387 g/mol. The van der Waals surface area contributed by atoms with Gasteiger partial charge in [0, 0.05) is 11.6 Å². The molecule has 0 radical (unpaired) electrons. The van der Waals surface area contributed by atoms with Gasteiger partial charge in [-0.2, -0.15) is 9.82 Å². The molecule has 0 amide bonds. The number of nitro groups is 1. The quantitative estimate of drug-likeness (QED) is 0.493. The number of nitrogens with zero attached hydrogens (tertiary/aromatic N) is 3. The van der Waals surface area contributed by atoms with Gasteiger partial charge >= 0.3 is 0 Å². The van der Waals surface area contributed by atoms with Crippen molar-refractivity contribution in [2.75, 3.05) is 0 Å². The van der Waals surface area contributed by atoms with Crippen molar-refractivity contribution in [3.63, 3.8) is 0 Å². The van der Waals surface area contributed by atoms with Gasteiger partial charge in [0.2, 0.25) is 10.0 Å². The minimum absolute atomic E-state index is 0.201. The molecule has 0 saturated heterocycles. The fraction of sp³-hybridized carbons (Fsp3) is 0.176. The minimum atomic E-state index is -4.07. The summed E-state index contributed by atoms with van der Waals surface area (Å²) in [5, 5.41) is 17.9. The van der Waals surface area contributed by atoms with E-state index >= 15 is 0 Å². The first-order valence-corrected chi connectivity index (χ1v) is 9.47. The molecule has 10 heteroatoms. The van der Waals surface area contributed by atoms with Crippen LogP contribution in [0.3, 0.4) is 0 Å². The molecule has 0 aliphatic heterocycles. The number of aromatic amines is 1. The van der Waals surface area contributed by atoms with Gasteiger partial charge in [-0.05, 0) is 25.5 Å². The topological polar surface area (TPSA) is 131 Å². The fourth-order valence-corrected chi connectivity index (χ4v) is 3.78. The maximum atomic E-state index is 12.9. The number of benzene rings is 2. The molecule has 0 aliphatic rings. The first kappa shape index (κ1) is 18.7. The van der Waals surface area contributed by atoms with Crippen LogP contribution in [0, 0.1) is 24.0 Å². The second-order valence-corrected chi connectivity index (χ2v) is 7.66. The summed E-state index contributed by atoms with van der Waals surface area (Å²) in [5.74, 6) is 0.792. The van der Waals surface area contributed by atoms with Crippen molar-refractivity contribution in [1.29, 1.82) is 0 Å². The van der Waals surface area contributed by atoms with Crippen molar-refractivity contribution < 1.29 is 13.3 Å². The van der Waals surface area contributed by atoms with Gasteiger partial charge in [0.05, 0.1) is 9.82 Å². The van der Waals surface area contributed by atoms with Crippen molar-refractivity contribution >= 4 is 15.7 Å². The number of hydrogen-bond acceptors (Lipinski definition) is 6. The Labute approximate surface area is 155 Å². The number of sulfonamides is 1. The standard InChI is InChI=1S/C17H17N5O4S/c1-11-8-9-14(10-15(11)22(23)24)27(25,26)21-16(13-6-4-3-5-7-13)17-18-12(2)19-20-17/h3-10,16,21H,1-2H3,(H,18,19,20). The largest absolute Gasteiger partial charge is 0.273 e. The Hall–Kier alpha value is -3.11. The second-order valence-electron chi connectivity index (χ2n) is 5.95. The van der Waals surface area contributed by atoms with Crippen LogP contribution in [0.4, 0.5) is 5.69 Å². The monoisotopic (exact) mass is 387 g/mol. The maximum absolute atomic E-state index is 12.9. The Bertz CT molecular complexity index is 1080. The van der Waals surface area contributed by atoms with Gasteiger partial charge in [0.1, 0.15) is 11.9 Å². The first-order chi connectivity index (χ1) is 12.8. The molecule has 0 bridgehead atoms. The Morgan fingerprint density at radius 3 is 2.44 bits per heavy atom. The van der Waals surface area contributed by atoms with Gasteiger partial charge in [0.25, 0.3) is 5.69 Å². The third-order valence-electron chi connectivity index (χ3n) is 3.97. The fourth-order valence-electron chi connectivity index (χ4n) is 2.58. The van der Waals surface area contributed by atoms with E-state index in [-0.39, 0.29) is 16.4 Å². The number of aromatic nitrogens is 3. The lowest BCUT2D eigenvalue weighted by molar-refractivity contribution is -0.385. The molecule has 2 N–H and O–H groups in total. The van der Waals surface area contributed by atoms with Crippen molar-refractivity contribution in [3.8, 4) is 0 Å². The molecule has 2 aromatic carbocycles. The molecule has 9 nitrogen and oxygen atoms in total. The number of hydrogen-bond donors (Lipinski definition) is 2. The van der Waals surface area contributed by atoms with Crippen molar-refractivity contribution in [2.24, 2.45) is 0 Å². The summed E-state index contributed by atoms with van der Waals surface area (Å²) >= 11 is 0. The molecule has 1 heterocycles. The Morgan fingerprint density at radius 1 is 1.15 bits per heavy atom. The molecule has 0 fully saturated rings. The van der Waals surface area contributed by atoms with E-state index < -0.39 is 21.0 Å². The summed E-state index contributed by atoms with van der Waals surface area (Å²) in [7, 11) is -4.07. The lowest BCUT2D eigenvalue weighted by Gasteiger charge is -2.16. The number of nitro benzene ring substituents is 1. The lowest BCUT2D eigenvalue weighted by atomic mass is 10.1. The van der Waals surface area contributed by atoms with Gasteiger partial charge in [-0.1, -0.05) is 36.4 Å². The molecule has 1 atom stereocenters. The molecule has 3 aromatic rings. The van der Waals surface area contributed by atoms with E-state index in [1.54, 1.807) is 38.1 Å². The molecule has 140 valence electrons. The summed E-state index contributed by atoms with van der Waals surface area (Å²) in [6, 6.07) is 11.8. The van der Waals surface area contributed by atoms with E-state index in [1.165, 1.54) is 12.1 Å². The van der Waals surface area contributed by atoms with Crippen LogP contribution in [0.25, 0.3) is 0 Å². The molecule has 1 unspecified atom stereocenters. The van der Waals surface area contributed by atoms with Crippen molar-refractivity contribution in [1.82, 2.24) is 19.9 Å². The first-order valence-electron chi connectivity index (χ1n) is 7.99. The van der Waals surface area contributed by atoms with E-state index in [0.717, 1.165) is 6.07 Å². The zero-order valence-electron chi connectivity index (χ0n) is 14.6. The summed E-state index contributed by atoms with van der Waals surface area (Å²) in [4.78, 5) is 14.5. The molecular formula is C17H17N5O4S. The zero-order valence-corrected chi connectivity index (χ0v) is 15.4. The van der Waals surface area contributed by atoms with Crippen LogP contribution in [-0.2, 0) is 10.0 Å². The SMILES string of the molecule is Cc1nc(C(NS(=O)(=O)c2ccc(C)c([N+](=O)[O-])c2)c2ccccc2)n[nH]1. The van der Waals surface area contributed by atoms with Gasteiger partial charge < -0.3 is 0 Å². The van der Waals surface area contributed by atoms with Crippen molar-refractivity contribution in [2.45, 2.75) is 24.8 Å². The molecule has 0 aliphatic carbocycles. The van der Waals surface area contributed by atoms with Crippen molar-refractivity contribution in [3.05, 3.63) is 81.4 Å². The summed E-state index contributed by atoms with van der Waals surface area (Å²) in [6.07, 6.45) is 0. The van der Waals surface area contributed by atoms with E-state index in [4.69, 9.17) is 0 Å². The van der Waals surface area contributed by atoms with Gasteiger partial charge in [-0.3, -0.25) is 15.2 Å². The van der Waals surface area contributed by atoms with Crippen LogP contribution in [0.2, 0.25) is 0 Å². The van der Waals surface area contributed by atoms with E-state index in [0.29, 0.717) is 17.0 Å². The molecule has 0 saturated carbocycles. The highest BCUT2D eigenvalue weighted by molar-refractivity contribution is 7.89. The normalized spacial score (nSPS) is 12.7. The van der Waals surface area contributed by atoms with Gasteiger partial charge in [-0.25, -0.2) is 13.4 Å². The summed E-state index contributed by atoms with van der Waals surface area (Å²) in [5.41, 5.74) is 0.757. The molecular weight excluding hydrogens is 370 g/mol. The molecule has 0 spiro atoms. The molecule has 27 heavy (non-hydrogen) atoms. The third-order valence-corrected chi connectivity index (χ3v) is 5.39. The van der Waals surface area contributed by atoms with Crippen LogP contribution in [0.5, 0.6) is 0 Å². The Kier molecular flexibility index (Phi) is 5.02. The zero-order chi connectivity index (χ0) is 19.6. The second kappa shape index (κ2) is 7.25. The summed E-state index contributed by atoms with van der Waals surface area (Å²) in [6.45, 7) is 3.25. The number of aryl methyl sites for hydroxylation is 2. The Morgan fingerprint density at radius 2 is 1.85 bits per heavy atom. The van der Waals surface area contributed by atoms with Gasteiger partial charge in [-0.15, -0.1) is 0 Å². The average Bonchev–Trinajstić information content (AvgIpc) is 3.06. The van der Waals surface area contributed by atoms with Crippen LogP contribution >= 0.6 is 0 Å². The summed E-state index contributed by atoms with van der Waals surface area (Å²) < 4.78 is 28.3. The Balaban J connectivity index is 2.03. The maximum Gasteiger partial charge on any atom is 0.273 e. The number of H-pyrrole nitrogens is 1. The van der Waals surface area contributed by atoms with E-state index in [9.17, 15) is 18.5 Å². The van der Waals surface area contributed by atoms with Crippen LogP contribution in [-0.4, -0.2) is 28.5 Å². The predicted molar refractivity (Wildman–Crippen MR) is 97.6 cm³/mol. The highest BCUT2D eigenvalue weighted by Gasteiger charge is 2.27. The smallest absolute Gasteiger partial charge is 0.263 e. The molecule has 1 aromatic heterocycles. The highest BCUT2D eigenvalue weighted by atomic mass is 32.2. The minimum Gasteiger partial charge on any atom is -0.263 e. The van der Waals surface area contributed by atoms with Crippen LogP contribution in [0.15, 0.2) is 53.4 Å². The third kappa shape index (κ3) is 4.01. The van der Waals surface area contributed by atoms with E-state index in [2.05, 4.69) is 19.9 Å². The highest BCUT2D eigenvalue weighted by Crippen LogP contribution is 2.25. The van der Waals surface area contributed by atoms with Crippen LogP contribution < -0.4 is 4.72 Å². The van der Waals surface area contributed by atoms with E-state index in [1.807, 2.05) is 6.07 Å².